The molecule has 0 aliphatic heterocycles. The number of aryl methyl sites for hydroxylation is 1. The molecule has 0 radical (unpaired) electrons. The quantitative estimate of drug-likeness (QED) is 0.625. The summed E-state index contributed by atoms with van der Waals surface area (Å²) in [6, 6.07) is 7.36. The van der Waals surface area contributed by atoms with Crippen molar-refractivity contribution < 1.29 is 9.47 Å². The monoisotopic (exact) mass is 278 g/mol. The van der Waals surface area contributed by atoms with Crippen LogP contribution in [0.15, 0.2) is 29.8 Å². The molecule has 0 bridgehead atoms. The Hall–Kier alpha value is -1.59. The minimum absolute atomic E-state index is 0.547. The molecule has 4 nitrogen and oxygen atoms in total. The van der Waals surface area contributed by atoms with E-state index in [1.165, 1.54) is 4.88 Å². The average Bonchev–Trinajstić information content (AvgIpc) is 2.81. The van der Waals surface area contributed by atoms with Gasteiger partial charge in [-0.2, -0.15) is 0 Å². The van der Waals surface area contributed by atoms with Gasteiger partial charge in [0.15, 0.2) is 0 Å². The predicted molar refractivity (Wildman–Crippen MR) is 77.7 cm³/mol. The van der Waals surface area contributed by atoms with Crippen LogP contribution in [0.2, 0.25) is 0 Å². The summed E-state index contributed by atoms with van der Waals surface area (Å²) in [6.07, 6.45) is 0.915. The van der Waals surface area contributed by atoms with E-state index in [9.17, 15) is 0 Å². The number of thiazole rings is 1. The fraction of sp³-hybridized carbons (Fsp3) is 0.357. The van der Waals surface area contributed by atoms with E-state index >= 15 is 0 Å². The zero-order valence-corrected chi connectivity index (χ0v) is 11.8. The van der Waals surface area contributed by atoms with Gasteiger partial charge < -0.3 is 15.2 Å². The number of nitrogens with two attached hydrogens (primary N) is 1. The summed E-state index contributed by atoms with van der Waals surface area (Å²) in [5.41, 5.74) is 9.31. The van der Waals surface area contributed by atoms with Crippen LogP contribution < -0.4 is 10.5 Å². The molecule has 0 atom stereocenters. The molecular formula is C14H18N2O2S. The van der Waals surface area contributed by atoms with Gasteiger partial charge >= 0.3 is 0 Å². The first-order chi connectivity index (χ1) is 9.25. The van der Waals surface area contributed by atoms with E-state index in [0.29, 0.717) is 19.8 Å². The lowest BCUT2D eigenvalue weighted by molar-refractivity contribution is 0.103. The topological polar surface area (TPSA) is 57.4 Å². The van der Waals surface area contributed by atoms with Gasteiger partial charge in [0, 0.05) is 17.0 Å². The van der Waals surface area contributed by atoms with Gasteiger partial charge in [-0.05, 0) is 31.2 Å². The minimum atomic E-state index is 0.547. The predicted octanol–water partition coefficient (Wildman–Crippen LogP) is 2.67. The number of rotatable bonds is 7. The van der Waals surface area contributed by atoms with Crippen LogP contribution in [0.4, 0.5) is 5.69 Å². The summed E-state index contributed by atoms with van der Waals surface area (Å²) in [5.74, 6) is 0.816. The molecule has 0 saturated carbocycles. The van der Waals surface area contributed by atoms with Crippen molar-refractivity contribution in [2.75, 3.05) is 25.6 Å². The largest absolute Gasteiger partial charge is 0.491 e. The molecule has 0 amide bonds. The van der Waals surface area contributed by atoms with Crippen molar-refractivity contribution >= 4 is 17.0 Å². The summed E-state index contributed by atoms with van der Waals surface area (Å²) in [6.45, 7) is 3.86. The third-order valence-electron chi connectivity index (χ3n) is 2.69. The second kappa shape index (κ2) is 7.11. The molecule has 0 aliphatic carbocycles. The molecule has 102 valence electrons. The molecule has 0 saturated heterocycles. The normalized spacial score (nSPS) is 10.6. The number of benzene rings is 1. The van der Waals surface area contributed by atoms with Crippen molar-refractivity contribution in [1.29, 1.82) is 0 Å². The highest BCUT2D eigenvalue weighted by Crippen LogP contribution is 2.13. The Kier molecular flexibility index (Phi) is 5.18. The van der Waals surface area contributed by atoms with Crippen molar-refractivity contribution in [1.82, 2.24) is 4.98 Å². The van der Waals surface area contributed by atoms with E-state index in [-0.39, 0.29) is 0 Å². The lowest BCUT2D eigenvalue weighted by atomic mass is 10.3. The first-order valence-electron chi connectivity index (χ1n) is 6.21. The summed E-state index contributed by atoms with van der Waals surface area (Å²) in [7, 11) is 0. The van der Waals surface area contributed by atoms with Gasteiger partial charge in [0.25, 0.3) is 0 Å². The molecule has 0 aliphatic rings. The van der Waals surface area contributed by atoms with Crippen LogP contribution in [0.1, 0.15) is 10.6 Å². The fourth-order valence-electron chi connectivity index (χ4n) is 1.62. The van der Waals surface area contributed by atoms with E-state index < -0.39 is 0 Å². The number of anilines is 1. The van der Waals surface area contributed by atoms with Crippen LogP contribution >= 0.6 is 11.3 Å². The van der Waals surface area contributed by atoms with E-state index in [2.05, 4.69) is 4.98 Å². The second-order valence-electron chi connectivity index (χ2n) is 4.14. The highest BCUT2D eigenvalue weighted by atomic mass is 32.1. The number of nitrogens with zero attached hydrogens (tertiary/aromatic N) is 1. The van der Waals surface area contributed by atoms with E-state index in [0.717, 1.165) is 23.6 Å². The van der Waals surface area contributed by atoms with Gasteiger partial charge in [0.05, 0.1) is 24.4 Å². The molecule has 19 heavy (non-hydrogen) atoms. The molecule has 1 heterocycles. The number of ether oxygens (including phenoxy) is 2. The van der Waals surface area contributed by atoms with Crippen molar-refractivity contribution in [3.63, 3.8) is 0 Å². The number of hydrogen-bond acceptors (Lipinski definition) is 5. The van der Waals surface area contributed by atoms with Gasteiger partial charge in [-0.3, -0.25) is 0 Å². The molecule has 1 aromatic heterocycles. The lowest BCUT2D eigenvalue weighted by Gasteiger charge is -2.07. The molecule has 0 spiro atoms. The molecule has 1 aromatic carbocycles. The number of aromatic nitrogens is 1. The molecule has 5 heteroatoms. The lowest BCUT2D eigenvalue weighted by Crippen LogP contribution is -2.08. The average molecular weight is 278 g/mol. The van der Waals surface area contributed by atoms with Crippen LogP contribution in [-0.2, 0) is 11.2 Å². The summed E-state index contributed by atoms with van der Waals surface area (Å²) >= 11 is 1.68. The fourth-order valence-corrected chi connectivity index (χ4v) is 2.38. The molecule has 2 rings (SSSR count). The van der Waals surface area contributed by atoms with E-state index in [4.69, 9.17) is 15.2 Å². The number of nitrogen functional groups attached to an aromatic ring is 1. The maximum Gasteiger partial charge on any atom is 0.119 e. The summed E-state index contributed by atoms with van der Waals surface area (Å²) < 4.78 is 11.1. The van der Waals surface area contributed by atoms with Crippen LogP contribution in [0.25, 0.3) is 0 Å². The number of hydrogen-bond donors (Lipinski definition) is 1. The second-order valence-corrected chi connectivity index (χ2v) is 5.08. The van der Waals surface area contributed by atoms with Crippen LogP contribution in [0.5, 0.6) is 5.75 Å². The van der Waals surface area contributed by atoms with Gasteiger partial charge in [0.1, 0.15) is 12.4 Å². The van der Waals surface area contributed by atoms with E-state index in [1.54, 1.807) is 11.3 Å². The minimum Gasteiger partial charge on any atom is -0.491 e. The summed E-state index contributed by atoms with van der Waals surface area (Å²) in [4.78, 5) is 5.50. The Labute approximate surface area is 117 Å². The maximum absolute atomic E-state index is 5.60. The van der Waals surface area contributed by atoms with Crippen molar-refractivity contribution in [2.45, 2.75) is 13.3 Å². The zero-order valence-electron chi connectivity index (χ0n) is 11.0. The van der Waals surface area contributed by atoms with Gasteiger partial charge in [-0.1, -0.05) is 0 Å². The van der Waals surface area contributed by atoms with Crippen LogP contribution in [0, 0.1) is 6.92 Å². The van der Waals surface area contributed by atoms with Crippen LogP contribution in [-0.4, -0.2) is 24.8 Å². The standard InChI is InChI=1S/C14H18N2O2S/c1-11-14(19-10-16-11)6-7-17-8-9-18-13-4-2-12(15)3-5-13/h2-5,10H,6-9,15H2,1H3. The molecular weight excluding hydrogens is 260 g/mol. The zero-order chi connectivity index (χ0) is 13.5. The van der Waals surface area contributed by atoms with Crippen LogP contribution in [0.3, 0.4) is 0 Å². The Morgan fingerprint density at radius 3 is 2.63 bits per heavy atom. The Balaban J connectivity index is 1.57. The SMILES string of the molecule is Cc1ncsc1CCOCCOc1ccc(N)cc1. The van der Waals surface area contributed by atoms with Crippen molar-refractivity contribution in [3.8, 4) is 5.75 Å². The van der Waals surface area contributed by atoms with Crippen molar-refractivity contribution in [3.05, 3.63) is 40.3 Å². The van der Waals surface area contributed by atoms with Crippen molar-refractivity contribution in [2.24, 2.45) is 0 Å². The summed E-state index contributed by atoms with van der Waals surface area (Å²) in [5, 5.41) is 0. The highest BCUT2D eigenvalue weighted by Gasteiger charge is 2.00. The maximum atomic E-state index is 5.60. The molecule has 0 unspecified atom stereocenters. The molecule has 2 N–H and O–H groups in total. The first kappa shape index (κ1) is 13.8. The molecule has 0 fully saturated rings. The Morgan fingerprint density at radius 2 is 1.95 bits per heavy atom. The smallest absolute Gasteiger partial charge is 0.119 e. The van der Waals surface area contributed by atoms with Gasteiger partial charge in [0.2, 0.25) is 0 Å². The van der Waals surface area contributed by atoms with Gasteiger partial charge in [-0.25, -0.2) is 4.98 Å². The third-order valence-corrected chi connectivity index (χ3v) is 3.69. The first-order valence-corrected chi connectivity index (χ1v) is 7.09. The van der Waals surface area contributed by atoms with Gasteiger partial charge in [-0.15, -0.1) is 11.3 Å². The Morgan fingerprint density at radius 1 is 1.16 bits per heavy atom. The highest BCUT2D eigenvalue weighted by molar-refractivity contribution is 7.09. The third kappa shape index (κ3) is 4.54. The Bertz CT molecular complexity index is 496. The molecule has 2 aromatic rings. The van der Waals surface area contributed by atoms with E-state index in [1.807, 2.05) is 36.7 Å².